The highest BCUT2D eigenvalue weighted by molar-refractivity contribution is 5.69. The predicted molar refractivity (Wildman–Crippen MR) is 129 cm³/mol. The number of carbonyl (C=O) groups excluding carboxylic acids is 1. The van der Waals surface area contributed by atoms with E-state index in [1.165, 1.54) is 31.4 Å². The SMILES string of the molecule is C=CNC(CC1CCC1)c1ccc(OC(F)(F)F)cc1.CNc1cc(C)cnc1N(C)CC=O. The molecule has 6 nitrogen and oxygen atoms in total. The van der Waals surface area contributed by atoms with Gasteiger partial charge in [0.2, 0.25) is 0 Å². The minimum atomic E-state index is -4.65. The van der Waals surface area contributed by atoms with Crippen LogP contribution in [0.25, 0.3) is 0 Å². The summed E-state index contributed by atoms with van der Waals surface area (Å²) in [5.41, 5.74) is 2.98. The molecule has 186 valence electrons. The zero-order valence-corrected chi connectivity index (χ0v) is 19.9. The van der Waals surface area contributed by atoms with Gasteiger partial charge >= 0.3 is 6.36 Å². The number of rotatable bonds is 10. The number of hydrogen-bond acceptors (Lipinski definition) is 6. The smallest absolute Gasteiger partial charge is 0.406 e. The molecule has 34 heavy (non-hydrogen) atoms. The van der Waals surface area contributed by atoms with Crippen molar-refractivity contribution in [2.45, 2.75) is 45.0 Å². The van der Waals surface area contributed by atoms with Gasteiger partial charge in [0.25, 0.3) is 0 Å². The van der Waals surface area contributed by atoms with Crippen LogP contribution in [0.2, 0.25) is 0 Å². The van der Waals surface area contributed by atoms with Gasteiger partial charge in [0.1, 0.15) is 12.0 Å². The lowest BCUT2D eigenvalue weighted by molar-refractivity contribution is -0.274. The van der Waals surface area contributed by atoms with Gasteiger partial charge in [0.05, 0.1) is 18.3 Å². The van der Waals surface area contributed by atoms with Gasteiger partial charge in [0.15, 0.2) is 5.82 Å². The minimum Gasteiger partial charge on any atom is -0.406 e. The van der Waals surface area contributed by atoms with Crippen molar-refractivity contribution in [1.29, 1.82) is 0 Å². The fourth-order valence-electron chi connectivity index (χ4n) is 3.65. The number of aldehydes is 1. The van der Waals surface area contributed by atoms with E-state index >= 15 is 0 Å². The Kier molecular flexibility index (Phi) is 10.2. The summed E-state index contributed by atoms with van der Waals surface area (Å²) in [6.45, 7) is 5.99. The van der Waals surface area contributed by atoms with Crippen molar-refractivity contribution in [3.63, 3.8) is 0 Å². The van der Waals surface area contributed by atoms with Crippen LogP contribution in [0, 0.1) is 12.8 Å². The van der Waals surface area contributed by atoms with Gasteiger partial charge < -0.3 is 25.1 Å². The van der Waals surface area contributed by atoms with Gasteiger partial charge in [-0.15, -0.1) is 13.2 Å². The van der Waals surface area contributed by atoms with Crippen LogP contribution >= 0.6 is 0 Å². The van der Waals surface area contributed by atoms with Crippen molar-refractivity contribution in [1.82, 2.24) is 10.3 Å². The van der Waals surface area contributed by atoms with Crippen LogP contribution in [0.5, 0.6) is 5.75 Å². The number of anilines is 2. The maximum atomic E-state index is 12.1. The van der Waals surface area contributed by atoms with E-state index in [0.717, 1.165) is 35.3 Å². The lowest BCUT2D eigenvalue weighted by atomic mass is 9.79. The van der Waals surface area contributed by atoms with E-state index < -0.39 is 6.36 Å². The highest BCUT2D eigenvalue weighted by Crippen LogP contribution is 2.35. The molecule has 1 aliphatic carbocycles. The zero-order valence-electron chi connectivity index (χ0n) is 19.9. The van der Waals surface area contributed by atoms with Crippen molar-refractivity contribution < 1.29 is 22.7 Å². The van der Waals surface area contributed by atoms with Crippen molar-refractivity contribution in [3.8, 4) is 5.75 Å². The summed E-state index contributed by atoms with van der Waals surface area (Å²) in [7, 11) is 3.68. The Hall–Kier alpha value is -3.23. The van der Waals surface area contributed by atoms with E-state index in [1.807, 2.05) is 27.1 Å². The number of alkyl halides is 3. The fraction of sp³-hybridized carbons (Fsp3) is 0.440. The van der Waals surface area contributed by atoms with Crippen LogP contribution < -0.4 is 20.3 Å². The first-order valence-electron chi connectivity index (χ1n) is 11.2. The van der Waals surface area contributed by atoms with E-state index in [9.17, 15) is 18.0 Å². The number of benzene rings is 1. The number of hydrogen-bond donors (Lipinski definition) is 2. The third-order valence-electron chi connectivity index (χ3n) is 5.61. The van der Waals surface area contributed by atoms with Crippen LogP contribution in [0.1, 0.15) is 42.9 Å². The van der Waals surface area contributed by atoms with Gasteiger partial charge in [-0.3, -0.25) is 0 Å². The maximum Gasteiger partial charge on any atom is 0.573 e. The zero-order chi connectivity index (χ0) is 25.1. The second-order valence-corrected chi connectivity index (χ2v) is 8.25. The van der Waals surface area contributed by atoms with Gasteiger partial charge in [0, 0.05) is 20.3 Å². The molecule has 1 atom stereocenters. The second kappa shape index (κ2) is 12.9. The highest BCUT2D eigenvalue weighted by Gasteiger charge is 2.31. The fourth-order valence-corrected chi connectivity index (χ4v) is 3.65. The number of aromatic nitrogens is 1. The number of ether oxygens (including phenoxy) is 1. The molecule has 1 unspecified atom stereocenters. The van der Waals surface area contributed by atoms with E-state index in [4.69, 9.17) is 0 Å². The van der Waals surface area contributed by atoms with Crippen molar-refractivity contribution in [2.75, 3.05) is 30.9 Å². The third kappa shape index (κ3) is 8.61. The molecule has 0 aliphatic heterocycles. The summed E-state index contributed by atoms with van der Waals surface area (Å²) in [5.74, 6) is 1.30. The van der Waals surface area contributed by atoms with Crippen molar-refractivity contribution in [2.24, 2.45) is 5.92 Å². The largest absolute Gasteiger partial charge is 0.573 e. The van der Waals surface area contributed by atoms with Crippen LogP contribution in [0.15, 0.2) is 49.3 Å². The van der Waals surface area contributed by atoms with Crippen molar-refractivity contribution >= 4 is 17.8 Å². The molecule has 2 aromatic rings. The van der Waals surface area contributed by atoms with E-state index in [0.29, 0.717) is 12.5 Å². The average molecular weight is 479 g/mol. The molecule has 0 bridgehead atoms. The molecule has 1 heterocycles. The molecule has 0 spiro atoms. The highest BCUT2D eigenvalue weighted by atomic mass is 19.4. The molecule has 3 rings (SSSR count). The first kappa shape index (κ1) is 27.0. The topological polar surface area (TPSA) is 66.5 Å². The molecule has 0 saturated heterocycles. The van der Waals surface area contributed by atoms with E-state index in [-0.39, 0.29) is 11.8 Å². The Bertz CT molecular complexity index is 915. The third-order valence-corrected chi connectivity index (χ3v) is 5.61. The Balaban J connectivity index is 0.000000257. The predicted octanol–water partition coefficient (Wildman–Crippen LogP) is 5.62. The lowest BCUT2D eigenvalue weighted by Crippen LogP contribution is -2.22. The first-order chi connectivity index (χ1) is 16.2. The monoisotopic (exact) mass is 478 g/mol. The van der Waals surface area contributed by atoms with Crippen LogP contribution in [-0.4, -0.2) is 38.3 Å². The van der Waals surface area contributed by atoms with Gasteiger partial charge in [-0.05, 0) is 54.8 Å². The second-order valence-electron chi connectivity index (χ2n) is 8.25. The number of pyridine rings is 1. The number of halogens is 3. The normalized spacial score (nSPS) is 14.1. The lowest BCUT2D eigenvalue weighted by Gasteiger charge is -2.30. The molecule has 1 saturated carbocycles. The molecule has 1 aliphatic rings. The summed E-state index contributed by atoms with van der Waals surface area (Å²) < 4.78 is 40.2. The number of nitrogens with one attached hydrogen (secondary N) is 2. The average Bonchev–Trinajstić information content (AvgIpc) is 2.75. The number of carbonyl (C=O) groups is 1. The molecule has 2 N–H and O–H groups in total. The summed E-state index contributed by atoms with van der Waals surface area (Å²) in [5, 5.41) is 6.22. The number of likely N-dealkylation sites (N-methyl/N-ethyl adjacent to an activating group) is 1. The molecule has 9 heteroatoms. The van der Waals surface area contributed by atoms with Crippen LogP contribution in [0.3, 0.4) is 0 Å². The molecular formula is C25H33F3N4O2. The van der Waals surface area contributed by atoms with Crippen LogP contribution in [0.4, 0.5) is 24.7 Å². The standard InChI is InChI=1S/C15H18F3NO.C10H15N3O/c1-2-19-14(10-11-4-3-5-11)12-6-8-13(9-7-12)20-15(16,17)18;1-8-6-9(11-2)10(12-7-8)13(3)4-5-14/h2,6-9,11,14,19H,1,3-5,10H2;5-7,11H,4H2,1-3H3. The quantitative estimate of drug-likeness (QED) is 0.433. The van der Waals surface area contributed by atoms with Gasteiger partial charge in [-0.1, -0.05) is 38.0 Å². The molecule has 0 amide bonds. The number of nitrogens with zero attached hydrogens (tertiary/aromatic N) is 2. The minimum absolute atomic E-state index is 0.0951. The molecule has 1 aromatic carbocycles. The molecule has 0 radical (unpaired) electrons. The molecule has 1 aromatic heterocycles. The Morgan fingerprint density at radius 1 is 1.29 bits per heavy atom. The summed E-state index contributed by atoms with van der Waals surface area (Å²) in [4.78, 5) is 16.4. The Labute approximate surface area is 199 Å². The first-order valence-corrected chi connectivity index (χ1v) is 11.2. The van der Waals surface area contributed by atoms with Gasteiger partial charge in [-0.25, -0.2) is 4.98 Å². The van der Waals surface area contributed by atoms with Crippen LogP contribution in [-0.2, 0) is 4.79 Å². The van der Waals surface area contributed by atoms with Gasteiger partial charge in [-0.2, -0.15) is 0 Å². The Morgan fingerprint density at radius 3 is 2.47 bits per heavy atom. The summed E-state index contributed by atoms with van der Waals surface area (Å²) >= 11 is 0. The summed E-state index contributed by atoms with van der Waals surface area (Å²) in [6, 6.07) is 8.13. The Morgan fingerprint density at radius 2 is 1.97 bits per heavy atom. The van der Waals surface area contributed by atoms with Crippen molar-refractivity contribution in [3.05, 3.63) is 60.4 Å². The maximum absolute atomic E-state index is 12.1. The molecular weight excluding hydrogens is 445 g/mol. The van der Waals surface area contributed by atoms with E-state index in [1.54, 1.807) is 29.4 Å². The molecule has 1 fully saturated rings. The summed E-state index contributed by atoms with van der Waals surface area (Å²) in [6.07, 6.45) is 4.33. The number of aryl methyl sites for hydroxylation is 1. The van der Waals surface area contributed by atoms with E-state index in [2.05, 4.69) is 26.9 Å².